The third-order valence-corrected chi connectivity index (χ3v) is 3.40. The van der Waals surface area contributed by atoms with Gasteiger partial charge in [-0.1, -0.05) is 12.1 Å². The highest BCUT2D eigenvalue weighted by Gasteiger charge is 2.10. The maximum atomic E-state index is 14.0. The van der Waals surface area contributed by atoms with Crippen molar-refractivity contribution in [2.75, 3.05) is 5.73 Å². The van der Waals surface area contributed by atoms with Crippen molar-refractivity contribution in [3.8, 4) is 11.1 Å². The number of rotatable bonds is 1. The molecule has 0 saturated heterocycles. The van der Waals surface area contributed by atoms with Gasteiger partial charge in [0.05, 0.1) is 0 Å². The first-order chi connectivity index (χ1) is 9.56. The van der Waals surface area contributed by atoms with E-state index in [2.05, 4.69) is 4.98 Å². The number of aryl methyl sites for hydroxylation is 1. The first-order valence-corrected chi connectivity index (χ1v) is 6.24. The van der Waals surface area contributed by atoms with Crippen LogP contribution < -0.4 is 11.3 Å². The molecule has 3 N–H and O–H groups in total. The molecule has 0 bridgehead atoms. The summed E-state index contributed by atoms with van der Waals surface area (Å²) in [6, 6.07) is 9.93. The van der Waals surface area contributed by atoms with Gasteiger partial charge in [0.1, 0.15) is 5.82 Å². The predicted molar refractivity (Wildman–Crippen MR) is 79.1 cm³/mol. The number of anilines is 1. The molecule has 20 heavy (non-hydrogen) atoms. The quantitative estimate of drug-likeness (QED) is 0.666. The van der Waals surface area contributed by atoms with Crippen LogP contribution in [0.15, 0.2) is 47.4 Å². The smallest absolute Gasteiger partial charge is 0.248 e. The number of aromatic nitrogens is 1. The minimum absolute atomic E-state index is 0.209. The fraction of sp³-hybridized carbons (Fsp3) is 0.0625. The minimum Gasteiger partial charge on any atom is -0.398 e. The van der Waals surface area contributed by atoms with Crippen LogP contribution in [0.1, 0.15) is 5.56 Å². The minimum atomic E-state index is -0.284. The second-order valence-electron chi connectivity index (χ2n) is 4.80. The van der Waals surface area contributed by atoms with Crippen LogP contribution in [-0.4, -0.2) is 4.98 Å². The molecule has 1 aromatic heterocycles. The summed E-state index contributed by atoms with van der Waals surface area (Å²) in [6.07, 6.45) is 1.59. The molecular formula is C16H13FN2O. The molecule has 0 aliphatic rings. The molecule has 0 saturated carbocycles. The van der Waals surface area contributed by atoms with Crippen molar-refractivity contribution in [2.45, 2.75) is 6.92 Å². The Morgan fingerprint density at radius 3 is 2.75 bits per heavy atom. The van der Waals surface area contributed by atoms with Gasteiger partial charge in [-0.05, 0) is 36.2 Å². The Bertz CT molecular complexity index is 848. The van der Waals surface area contributed by atoms with Gasteiger partial charge >= 0.3 is 0 Å². The molecule has 0 aliphatic heterocycles. The number of hydrogen-bond acceptors (Lipinski definition) is 2. The lowest BCUT2D eigenvalue weighted by Gasteiger charge is -2.10. The molecule has 0 atom stereocenters. The number of pyridine rings is 1. The lowest BCUT2D eigenvalue weighted by Crippen LogP contribution is -2.03. The number of halogens is 1. The fourth-order valence-electron chi connectivity index (χ4n) is 2.45. The molecule has 0 unspecified atom stereocenters. The van der Waals surface area contributed by atoms with Crippen molar-refractivity contribution in [3.05, 3.63) is 64.3 Å². The van der Waals surface area contributed by atoms with Crippen LogP contribution in [0.2, 0.25) is 0 Å². The first-order valence-electron chi connectivity index (χ1n) is 6.24. The van der Waals surface area contributed by atoms with Gasteiger partial charge in [0.2, 0.25) is 5.56 Å². The lowest BCUT2D eigenvalue weighted by molar-refractivity contribution is 0.630. The predicted octanol–water partition coefficient (Wildman–Crippen LogP) is 3.22. The number of benzene rings is 2. The van der Waals surface area contributed by atoms with Gasteiger partial charge in [-0.15, -0.1) is 0 Å². The average Bonchev–Trinajstić information content (AvgIpc) is 2.39. The molecule has 0 aliphatic carbocycles. The summed E-state index contributed by atoms with van der Waals surface area (Å²) >= 11 is 0. The summed E-state index contributed by atoms with van der Waals surface area (Å²) < 4.78 is 14.0. The van der Waals surface area contributed by atoms with Gasteiger partial charge in [0.15, 0.2) is 0 Å². The van der Waals surface area contributed by atoms with E-state index in [0.717, 1.165) is 10.9 Å². The molecule has 0 spiro atoms. The Hall–Kier alpha value is -2.62. The summed E-state index contributed by atoms with van der Waals surface area (Å²) in [5, 5.41) is 1.45. The Morgan fingerprint density at radius 1 is 1.20 bits per heavy atom. The summed E-state index contributed by atoms with van der Waals surface area (Å²) in [6.45, 7) is 1.85. The molecule has 3 nitrogen and oxygen atoms in total. The van der Waals surface area contributed by atoms with Crippen molar-refractivity contribution in [1.29, 1.82) is 0 Å². The number of nitrogens with two attached hydrogens (primary N) is 1. The summed E-state index contributed by atoms with van der Waals surface area (Å²) in [4.78, 5) is 13.9. The number of fused-ring (bicyclic) bond motifs is 1. The molecule has 0 radical (unpaired) electrons. The molecule has 3 aromatic rings. The highest BCUT2D eigenvalue weighted by molar-refractivity contribution is 5.96. The van der Waals surface area contributed by atoms with E-state index in [1.165, 1.54) is 12.1 Å². The molecule has 4 heteroatoms. The van der Waals surface area contributed by atoms with Crippen LogP contribution in [0.5, 0.6) is 0 Å². The Morgan fingerprint density at radius 2 is 2.00 bits per heavy atom. The van der Waals surface area contributed by atoms with E-state index < -0.39 is 0 Å². The molecule has 0 amide bonds. The summed E-state index contributed by atoms with van der Waals surface area (Å²) in [5.74, 6) is -0.284. The van der Waals surface area contributed by atoms with E-state index in [0.29, 0.717) is 22.2 Å². The fourth-order valence-corrected chi connectivity index (χ4v) is 2.45. The molecule has 100 valence electrons. The average molecular weight is 268 g/mol. The second-order valence-corrected chi connectivity index (χ2v) is 4.80. The van der Waals surface area contributed by atoms with Crippen molar-refractivity contribution < 1.29 is 4.39 Å². The van der Waals surface area contributed by atoms with Crippen molar-refractivity contribution in [3.63, 3.8) is 0 Å². The van der Waals surface area contributed by atoms with Crippen molar-refractivity contribution in [2.24, 2.45) is 0 Å². The van der Waals surface area contributed by atoms with Crippen LogP contribution in [0.3, 0.4) is 0 Å². The zero-order valence-corrected chi connectivity index (χ0v) is 10.9. The second kappa shape index (κ2) is 4.49. The van der Waals surface area contributed by atoms with Gasteiger partial charge in [0.25, 0.3) is 0 Å². The molecular weight excluding hydrogens is 255 g/mol. The maximum Gasteiger partial charge on any atom is 0.248 e. The Labute approximate surface area is 114 Å². The standard InChI is InChI=1S/C16H13FN2O/c1-9-3-2-4-13(17)16(9)10-5-11-8-19-15(20)7-12(11)14(18)6-10/h2-8H,18H2,1H3,(H,19,20). The van der Waals surface area contributed by atoms with Crippen molar-refractivity contribution >= 4 is 16.5 Å². The van der Waals surface area contributed by atoms with Gasteiger partial charge in [-0.25, -0.2) is 4.39 Å². The zero-order valence-electron chi connectivity index (χ0n) is 10.9. The van der Waals surface area contributed by atoms with Crippen LogP contribution >= 0.6 is 0 Å². The number of nitrogens with one attached hydrogen (secondary N) is 1. The SMILES string of the molecule is Cc1cccc(F)c1-c1cc(N)c2cc(=O)[nH]cc2c1. The van der Waals surface area contributed by atoms with Crippen molar-refractivity contribution in [1.82, 2.24) is 4.98 Å². The van der Waals surface area contributed by atoms with Crippen LogP contribution in [0.25, 0.3) is 21.9 Å². The zero-order chi connectivity index (χ0) is 14.3. The number of aromatic amines is 1. The van der Waals surface area contributed by atoms with Crippen LogP contribution in [0.4, 0.5) is 10.1 Å². The molecule has 3 rings (SSSR count). The van der Waals surface area contributed by atoms with E-state index >= 15 is 0 Å². The normalized spacial score (nSPS) is 10.9. The summed E-state index contributed by atoms with van der Waals surface area (Å²) in [7, 11) is 0. The number of nitrogen functional groups attached to an aromatic ring is 1. The maximum absolute atomic E-state index is 14.0. The van der Waals surface area contributed by atoms with E-state index in [-0.39, 0.29) is 11.4 Å². The Balaban J connectivity index is 2.33. The van der Waals surface area contributed by atoms with Gasteiger partial charge in [0, 0.05) is 34.3 Å². The van der Waals surface area contributed by atoms with Gasteiger partial charge in [-0.2, -0.15) is 0 Å². The first kappa shape index (κ1) is 12.4. The van der Waals surface area contributed by atoms with Crippen LogP contribution in [-0.2, 0) is 0 Å². The topological polar surface area (TPSA) is 58.9 Å². The highest BCUT2D eigenvalue weighted by Crippen LogP contribution is 2.31. The highest BCUT2D eigenvalue weighted by atomic mass is 19.1. The third kappa shape index (κ3) is 1.95. The largest absolute Gasteiger partial charge is 0.398 e. The van der Waals surface area contributed by atoms with Gasteiger partial charge in [-0.3, -0.25) is 4.79 Å². The van der Waals surface area contributed by atoms with Crippen LogP contribution in [0, 0.1) is 12.7 Å². The van der Waals surface area contributed by atoms with Gasteiger partial charge < -0.3 is 10.7 Å². The lowest BCUT2D eigenvalue weighted by atomic mass is 9.97. The van der Waals surface area contributed by atoms with E-state index in [9.17, 15) is 9.18 Å². The monoisotopic (exact) mass is 268 g/mol. The van der Waals surface area contributed by atoms with E-state index in [1.54, 1.807) is 18.3 Å². The Kier molecular flexibility index (Phi) is 2.79. The number of hydrogen-bond donors (Lipinski definition) is 2. The molecule has 2 aromatic carbocycles. The van der Waals surface area contributed by atoms with E-state index in [1.807, 2.05) is 19.1 Å². The third-order valence-electron chi connectivity index (χ3n) is 3.40. The van der Waals surface area contributed by atoms with E-state index in [4.69, 9.17) is 5.73 Å². The summed E-state index contributed by atoms with van der Waals surface area (Å²) in [5.41, 5.74) is 8.32. The number of H-pyrrole nitrogens is 1. The molecule has 0 fully saturated rings. The molecule has 1 heterocycles.